The molecule has 1 fully saturated rings. The van der Waals surface area contributed by atoms with Crippen molar-refractivity contribution in [1.29, 1.82) is 0 Å². The van der Waals surface area contributed by atoms with E-state index >= 15 is 0 Å². The normalized spacial score (nSPS) is 15.4. The first-order valence-electron chi connectivity index (χ1n) is 7.76. The van der Waals surface area contributed by atoms with E-state index in [-0.39, 0.29) is 24.2 Å². The Hall–Kier alpha value is -1.45. The maximum atomic E-state index is 11.9. The molecule has 0 aromatic heterocycles. The first-order valence-corrected chi connectivity index (χ1v) is 10.5. The SMILES string of the molecule is COC(=O)/C=C1/SCC(=O)N1CCCOC(=O)CSc1ccc(Br)cc1. The summed E-state index contributed by atoms with van der Waals surface area (Å²) in [5, 5.41) is 0.568. The number of amides is 1. The maximum absolute atomic E-state index is 11.9. The molecule has 1 aliphatic rings. The Morgan fingerprint density at radius 3 is 2.77 bits per heavy atom. The highest BCUT2D eigenvalue weighted by atomic mass is 79.9. The monoisotopic (exact) mass is 459 g/mol. The largest absolute Gasteiger partial charge is 0.466 e. The van der Waals surface area contributed by atoms with Gasteiger partial charge in [0.25, 0.3) is 0 Å². The minimum Gasteiger partial charge on any atom is -0.466 e. The molecular formula is C17H18BrNO5S2. The lowest BCUT2D eigenvalue weighted by molar-refractivity contribution is -0.140. The summed E-state index contributed by atoms with van der Waals surface area (Å²) in [4.78, 5) is 37.5. The molecular weight excluding hydrogens is 442 g/mol. The molecule has 0 aliphatic carbocycles. The van der Waals surface area contributed by atoms with Crippen LogP contribution in [0, 0.1) is 0 Å². The summed E-state index contributed by atoms with van der Waals surface area (Å²) in [6.45, 7) is 0.613. The second kappa shape index (κ2) is 10.6. The van der Waals surface area contributed by atoms with Gasteiger partial charge in [-0.25, -0.2) is 4.79 Å². The number of rotatable bonds is 8. The third-order valence-corrected chi connectivity index (χ3v) is 5.85. The van der Waals surface area contributed by atoms with Gasteiger partial charge in [-0.2, -0.15) is 0 Å². The lowest BCUT2D eigenvalue weighted by Crippen LogP contribution is -2.27. The van der Waals surface area contributed by atoms with E-state index < -0.39 is 5.97 Å². The van der Waals surface area contributed by atoms with Crippen LogP contribution in [0.1, 0.15) is 6.42 Å². The van der Waals surface area contributed by atoms with Gasteiger partial charge in [-0.1, -0.05) is 27.7 Å². The Kier molecular flexibility index (Phi) is 8.53. The van der Waals surface area contributed by atoms with Gasteiger partial charge in [-0.05, 0) is 30.7 Å². The zero-order valence-corrected chi connectivity index (χ0v) is 17.3. The fourth-order valence-electron chi connectivity index (χ4n) is 2.05. The molecule has 0 N–H and O–H groups in total. The molecule has 0 unspecified atom stereocenters. The molecule has 1 amide bonds. The number of methoxy groups -OCH3 is 1. The lowest BCUT2D eigenvalue weighted by atomic mass is 10.4. The minimum absolute atomic E-state index is 0.0673. The van der Waals surface area contributed by atoms with Crippen molar-refractivity contribution >= 4 is 57.3 Å². The molecule has 1 aliphatic heterocycles. The smallest absolute Gasteiger partial charge is 0.333 e. The van der Waals surface area contributed by atoms with Gasteiger partial charge in [0.1, 0.15) is 0 Å². The van der Waals surface area contributed by atoms with Crippen molar-refractivity contribution in [2.45, 2.75) is 11.3 Å². The van der Waals surface area contributed by atoms with E-state index in [0.717, 1.165) is 9.37 Å². The average Bonchev–Trinajstić information content (AvgIpc) is 2.97. The van der Waals surface area contributed by atoms with E-state index in [1.165, 1.54) is 41.6 Å². The number of carbonyl (C=O) groups is 3. The quantitative estimate of drug-likeness (QED) is 0.256. The number of nitrogens with zero attached hydrogens (tertiary/aromatic N) is 1. The van der Waals surface area contributed by atoms with E-state index in [0.29, 0.717) is 23.7 Å². The van der Waals surface area contributed by atoms with Crippen LogP contribution in [-0.2, 0) is 23.9 Å². The molecule has 6 nitrogen and oxygen atoms in total. The summed E-state index contributed by atoms with van der Waals surface area (Å²) in [5.41, 5.74) is 0. The van der Waals surface area contributed by atoms with Crippen LogP contribution in [0.3, 0.4) is 0 Å². The summed E-state index contributed by atoms with van der Waals surface area (Å²) in [5.74, 6) is -0.337. The third-order valence-electron chi connectivity index (χ3n) is 3.31. The summed E-state index contributed by atoms with van der Waals surface area (Å²) in [7, 11) is 1.29. The molecule has 1 heterocycles. The van der Waals surface area contributed by atoms with Gasteiger partial charge in [0, 0.05) is 15.9 Å². The molecule has 0 saturated carbocycles. The van der Waals surface area contributed by atoms with Crippen LogP contribution in [0.15, 0.2) is 44.7 Å². The van der Waals surface area contributed by atoms with Crippen molar-refractivity contribution in [3.63, 3.8) is 0 Å². The zero-order chi connectivity index (χ0) is 18.9. The Bertz CT molecular complexity index is 693. The van der Waals surface area contributed by atoms with E-state index in [2.05, 4.69) is 20.7 Å². The van der Waals surface area contributed by atoms with E-state index in [4.69, 9.17) is 4.74 Å². The van der Waals surface area contributed by atoms with Crippen molar-refractivity contribution in [2.75, 3.05) is 31.8 Å². The number of hydrogen-bond acceptors (Lipinski definition) is 7. The van der Waals surface area contributed by atoms with Crippen LogP contribution >= 0.6 is 39.5 Å². The molecule has 0 bridgehead atoms. The topological polar surface area (TPSA) is 72.9 Å². The van der Waals surface area contributed by atoms with Crippen molar-refractivity contribution in [3.05, 3.63) is 39.8 Å². The average molecular weight is 460 g/mol. The summed E-state index contributed by atoms with van der Waals surface area (Å²) >= 11 is 6.06. The van der Waals surface area contributed by atoms with Crippen LogP contribution in [-0.4, -0.2) is 54.5 Å². The molecule has 1 saturated heterocycles. The van der Waals surface area contributed by atoms with Gasteiger partial charge >= 0.3 is 11.9 Å². The second-order valence-electron chi connectivity index (χ2n) is 5.16. The van der Waals surface area contributed by atoms with E-state index in [9.17, 15) is 14.4 Å². The molecule has 0 radical (unpaired) electrons. The maximum Gasteiger partial charge on any atom is 0.333 e. The number of halogens is 1. The highest BCUT2D eigenvalue weighted by Crippen LogP contribution is 2.28. The first-order chi connectivity index (χ1) is 12.5. The van der Waals surface area contributed by atoms with Crippen molar-refractivity contribution < 1.29 is 23.9 Å². The second-order valence-corrected chi connectivity index (χ2v) is 8.12. The highest BCUT2D eigenvalue weighted by molar-refractivity contribution is 9.10. The van der Waals surface area contributed by atoms with E-state index in [1.54, 1.807) is 0 Å². The highest BCUT2D eigenvalue weighted by Gasteiger charge is 2.26. The van der Waals surface area contributed by atoms with Crippen molar-refractivity contribution in [1.82, 2.24) is 4.90 Å². The minimum atomic E-state index is -0.497. The summed E-state index contributed by atoms with van der Waals surface area (Å²) < 4.78 is 10.8. The number of esters is 2. The van der Waals surface area contributed by atoms with Gasteiger partial charge in [0.05, 0.1) is 36.3 Å². The molecule has 0 atom stereocenters. The van der Waals surface area contributed by atoms with Crippen LogP contribution in [0.25, 0.3) is 0 Å². The van der Waals surface area contributed by atoms with Crippen molar-refractivity contribution in [3.8, 4) is 0 Å². The molecule has 2 rings (SSSR count). The summed E-state index contributed by atoms with van der Waals surface area (Å²) in [6.07, 6.45) is 1.80. The Morgan fingerprint density at radius 2 is 2.08 bits per heavy atom. The number of thioether (sulfide) groups is 2. The zero-order valence-electron chi connectivity index (χ0n) is 14.1. The van der Waals surface area contributed by atoms with Crippen LogP contribution in [0.5, 0.6) is 0 Å². The molecule has 1 aromatic carbocycles. The fraction of sp³-hybridized carbons (Fsp3) is 0.353. The number of carbonyl (C=O) groups excluding carboxylic acids is 3. The Labute approximate surface area is 168 Å². The predicted molar refractivity (Wildman–Crippen MR) is 105 cm³/mol. The molecule has 9 heteroatoms. The number of benzene rings is 1. The molecule has 140 valence electrons. The van der Waals surface area contributed by atoms with Gasteiger partial charge in [-0.3, -0.25) is 9.59 Å². The van der Waals surface area contributed by atoms with E-state index in [1.807, 2.05) is 24.3 Å². The van der Waals surface area contributed by atoms with Crippen LogP contribution in [0.4, 0.5) is 0 Å². The third kappa shape index (κ3) is 6.69. The van der Waals surface area contributed by atoms with Crippen LogP contribution < -0.4 is 0 Å². The number of ether oxygens (including phenoxy) is 2. The lowest BCUT2D eigenvalue weighted by Gasteiger charge is -2.16. The van der Waals surface area contributed by atoms with Gasteiger partial charge in [-0.15, -0.1) is 11.8 Å². The van der Waals surface area contributed by atoms with Gasteiger partial charge in [0.2, 0.25) is 5.91 Å². The Balaban J connectivity index is 1.69. The number of hydrogen-bond donors (Lipinski definition) is 0. The fourth-order valence-corrected chi connectivity index (χ4v) is 3.97. The van der Waals surface area contributed by atoms with Gasteiger partial charge < -0.3 is 14.4 Å². The van der Waals surface area contributed by atoms with Gasteiger partial charge in [0.15, 0.2) is 0 Å². The summed E-state index contributed by atoms with van der Waals surface area (Å²) in [6, 6.07) is 7.68. The molecule has 0 spiro atoms. The molecule has 26 heavy (non-hydrogen) atoms. The Morgan fingerprint density at radius 1 is 1.35 bits per heavy atom. The first kappa shape index (κ1) is 20.9. The van der Waals surface area contributed by atoms with Crippen molar-refractivity contribution in [2.24, 2.45) is 0 Å². The molecule has 1 aromatic rings. The standard InChI is InChI=1S/C17H18BrNO5S2/c1-23-16(21)9-15-19(14(20)10-26-15)7-2-8-24-17(22)11-25-13-5-3-12(18)4-6-13/h3-6,9H,2,7-8,10-11H2,1H3/b15-9+. The van der Waals surface area contributed by atoms with Crippen LogP contribution in [0.2, 0.25) is 0 Å². The predicted octanol–water partition coefficient (Wildman–Crippen LogP) is 3.06.